The Morgan fingerprint density at radius 1 is 1.41 bits per heavy atom. The summed E-state index contributed by atoms with van der Waals surface area (Å²) in [4.78, 5) is 0. The Kier molecular flexibility index (Phi) is 3.10. The second-order valence-electron chi connectivity index (χ2n) is 3.74. The number of aryl methyl sites for hydroxylation is 1. The monoisotopic (exact) mass is 235 g/mol. The van der Waals surface area contributed by atoms with Crippen LogP contribution in [0.15, 0.2) is 30.5 Å². The lowest BCUT2D eigenvalue weighted by atomic mass is 10.0. The quantitative estimate of drug-likeness (QED) is 0.879. The van der Waals surface area contributed by atoms with E-state index in [1.54, 1.807) is 30.1 Å². The van der Waals surface area contributed by atoms with E-state index in [9.17, 15) is 4.39 Å². The number of hydrogen-bond acceptors (Lipinski definition) is 3. The van der Waals surface area contributed by atoms with Crippen molar-refractivity contribution in [3.63, 3.8) is 0 Å². The topological polar surface area (TPSA) is 53.1 Å². The molecule has 0 saturated carbocycles. The summed E-state index contributed by atoms with van der Waals surface area (Å²) in [6.45, 7) is 0. The van der Waals surface area contributed by atoms with Gasteiger partial charge in [-0.15, -0.1) is 0 Å². The molecule has 90 valence electrons. The zero-order chi connectivity index (χ0) is 12.4. The fourth-order valence-corrected chi connectivity index (χ4v) is 1.80. The molecule has 2 N–H and O–H groups in total. The molecule has 1 atom stereocenters. The lowest BCUT2D eigenvalue weighted by Crippen LogP contribution is -2.17. The van der Waals surface area contributed by atoms with Gasteiger partial charge >= 0.3 is 0 Å². The first-order valence-electron chi connectivity index (χ1n) is 5.20. The van der Waals surface area contributed by atoms with Crippen molar-refractivity contribution in [2.24, 2.45) is 12.8 Å². The molecule has 1 aromatic heterocycles. The molecule has 2 aromatic rings. The van der Waals surface area contributed by atoms with Crippen molar-refractivity contribution < 1.29 is 9.13 Å². The SMILES string of the molecule is COc1ccc(F)cc1C(N)c1ccnn1C. The van der Waals surface area contributed by atoms with Gasteiger partial charge in [-0.05, 0) is 24.3 Å². The first-order chi connectivity index (χ1) is 8.13. The Bertz CT molecular complexity index is 524. The lowest BCUT2D eigenvalue weighted by molar-refractivity contribution is 0.405. The highest BCUT2D eigenvalue weighted by atomic mass is 19.1. The molecule has 2 rings (SSSR count). The summed E-state index contributed by atoms with van der Waals surface area (Å²) in [7, 11) is 3.33. The average Bonchev–Trinajstić information content (AvgIpc) is 2.74. The third-order valence-corrected chi connectivity index (χ3v) is 2.70. The summed E-state index contributed by atoms with van der Waals surface area (Å²) in [6, 6.07) is 5.64. The van der Waals surface area contributed by atoms with Crippen LogP contribution in [0.5, 0.6) is 5.75 Å². The van der Waals surface area contributed by atoms with Crippen molar-refractivity contribution in [2.75, 3.05) is 7.11 Å². The fraction of sp³-hybridized carbons (Fsp3) is 0.250. The van der Waals surface area contributed by atoms with Gasteiger partial charge in [-0.3, -0.25) is 4.68 Å². The summed E-state index contributed by atoms with van der Waals surface area (Å²) in [5.41, 5.74) is 7.51. The predicted octanol–water partition coefficient (Wildman–Crippen LogP) is 1.62. The van der Waals surface area contributed by atoms with Gasteiger partial charge in [0.25, 0.3) is 0 Å². The van der Waals surface area contributed by atoms with Crippen LogP contribution < -0.4 is 10.5 Å². The maximum absolute atomic E-state index is 13.3. The standard InChI is InChI=1S/C12H14FN3O/c1-16-10(5-6-15-16)12(14)9-7-8(13)3-4-11(9)17-2/h3-7,12H,14H2,1-2H3. The summed E-state index contributed by atoms with van der Waals surface area (Å²) in [5.74, 6) is 0.235. The maximum atomic E-state index is 13.3. The molecule has 1 unspecified atom stereocenters. The molecule has 0 amide bonds. The molecule has 0 aliphatic rings. The number of benzene rings is 1. The first-order valence-corrected chi connectivity index (χ1v) is 5.20. The van der Waals surface area contributed by atoms with Crippen LogP contribution in [-0.4, -0.2) is 16.9 Å². The van der Waals surface area contributed by atoms with Crippen molar-refractivity contribution in [1.29, 1.82) is 0 Å². The van der Waals surface area contributed by atoms with Crippen LogP contribution in [0, 0.1) is 5.82 Å². The number of nitrogens with two attached hydrogens (primary N) is 1. The van der Waals surface area contributed by atoms with Gasteiger partial charge in [-0.25, -0.2) is 4.39 Å². The minimum Gasteiger partial charge on any atom is -0.496 e. The minimum absolute atomic E-state index is 0.335. The van der Waals surface area contributed by atoms with E-state index in [-0.39, 0.29) is 5.82 Å². The van der Waals surface area contributed by atoms with E-state index >= 15 is 0 Å². The van der Waals surface area contributed by atoms with E-state index in [2.05, 4.69) is 5.10 Å². The molecular formula is C12H14FN3O. The smallest absolute Gasteiger partial charge is 0.124 e. The third-order valence-electron chi connectivity index (χ3n) is 2.70. The van der Waals surface area contributed by atoms with E-state index in [0.717, 1.165) is 5.69 Å². The van der Waals surface area contributed by atoms with Crippen LogP contribution in [0.4, 0.5) is 4.39 Å². The zero-order valence-corrected chi connectivity index (χ0v) is 9.72. The first kappa shape index (κ1) is 11.6. The van der Waals surface area contributed by atoms with Crippen molar-refractivity contribution in [1.82, 2.24) is 9.78 Å². The lowest BCUT2D eigenvalue weighted by Gasteiger charge is -2.16. The number of ether oxygens (including phenoxy) is 1. The van der Waals surface area contributed by atoms with Crippen LogP contribution in [0.3, 0.4) is 0 Å². The third kappa shape index (κ3) is 2.14. The molecule has 0 aliphatic heterocycles. The Balaban J connectivity index is 2.46. The highest BCUT2D eigenvalue weighted by Gasteiger charge is 2.17. The van der Waals surface area contributed by atoms with Crippen molar-refractivity contribution >= 4 is 0 Å². The largest absolute Gasteiger partial charge is 0.496 e. The number of aromatic nitrogens is 2. The van der Waals surface area contributed by atoms with E-state index in [4.69, 9.17) is 10.5 Å². The number of hydrogen-bond donors (Lipinski definition) is 1. The Hall–Kier alpha value is -1.88. The van der Waals surface area contributed by atoms with Crippen molar-refractivity contribution in [3.05, 3.63) is 47.5 Å². The average molecular weight is 235 g/mol. The molecule has 0 spiro atoms. The molecule has 0 radical (unpaired) electrons. The molecule has 5 heteroatoms. The molecule has 0 saturated heterocycles. The molecule has 0 bridgehead atoms. The Morgan fingerprint density at radius 2 is 2.18 bits per heavy atom. The zero-order valence-electron chi connectivity index (χ0n) is 9.72. The van der Waals surface area contributed by atoms with Crippen LogP contribution in [0.2, 0.25) is 0 Å². The number of rotatable bonds is 3. The van der Waals surface area contributed by atoms with Gasteiger partial charge in [0.1, 0.15) is 11.6 Å². The summed E-state index contributed by atoms with van der Waals surface area (Å²) in [6.07, 6.45) is 1.65. The van der Waals surface area contributed by atoms with Gasteiger partial charge < -0.3 is 10.5 Å². The molecule has 4 nitrogen and oxygen atoms in total. The Morgan fingerprint density at radius 3 is 2.76 bits per heavy atom. The van der Waals surface area contributed by atoms with Gasteiger partial charge in [-0.1, -0.05) is 0 Å². The van der Waals surface area contributed by atoms with Gasteiger partial charge in [0.05, 0.1) is 18.8 Å². The second-order valence-corrected chi connectivity index (χ2v) is 3.74. The molecule has 0 aliphatic carbocycles. The van der Waals surface area contributed by atoms with E-state index in [1.807, 2.05) is 0 Å². The van der Waals surface area contributed by atoms with Gasteiger partial charge in [-0.2, -0.15) is 5.10 Å². The second kappa shape index (κ2) is 4.55. The van der Waals surface area contributed by atoms with E-state index in [1.165, 1.54) is 19.2 Å². The van der Waals surface area contributed by atoms with E-state index < -0.39 is 6.04 Å². The number of nitrogens with zero attached hydrogens (tertiary/aromatic N) is 2. The van der Waals surface area contributed by atoms with Crippen molar-refractivity contribution in [2.45, 2.75) is 6.04 Å². The van der Waals surface area contributed by atoms with E-state index in [0.29, 0.717) is 11.3 Å². The summed E-state index contributed by atoms with van der Waals surface area (Å²) >= 11 is 0. The molecular weight excluding hydrogens is 221 g/mol. The highest BCUT2D eigenvalue weighted by Crippen LogP contribution is 2.28. The highest BCUT2D eigenvalue weighted by molar-refractivity contribution is 5.40. The van der Waals surface area contributed by atoms with Crippen LogP contribution in [0.1, 0.15) is 17.3 Å². The summed E-state index contributed by atoms with van der Waals surface area (Å²) in [5, 5.41) is 4.04. The molecule has 0 fully saturated rings. The van der Waals surface area contributed by atoms with Gasteiger partial charge in [0, 0.05) is 18.8 Å². The molecule has 1 heterocycles. The summed E-state index contributed by atoms with van der Waals surface area (Å²) < 4.78 is 20.1. The van der Waals surface area contributed by atoms with Crippen molar-refractivity contribution in [3.8, 4) is 5.75 Å². The van der Waals surface area contributed by atoms with Gasteiger partial charge in [0.15, 0.2) is 0 Å². The van der Waals surface area contributed by atoms with Gasteiger partial charge in [0.2, 0.25) is 0 Å². The van der Waals surface area contributed by atoms with Crippen LogP contribution in [-0.2, 0) is 7.05 Å². The van der Waals surface area contributed by atoms with Crippen LogP contribution in [0.25, 0.3) is 0 Å². The Labute approximate surface area is 98.8 Å². The predicted molar refractivity (Wildman–Crippen MR) is 62.2 cm³/mol. The normalized spacial score (nSPS) is 12.5. The fourth-order valence-electron chi connectivity index (χ4n) is 1.80. The maximum Gasteiger partial charge on any atom is 0.124 e. The van der Waals surface area contributed by atoms with Crippen LogP contribution >= 0.6 is 0 Å². The molecule has 17 heavy (non-hydrogen) atoms. The number of halogens is 1. The molecule has 1 aromatic carbocycles. The number of methoxy groups -OCH3 is 1. The minimum atomic E-state index is -0.465.